The molecule has 0 fully saturated rings. The molecule has 88 valence electrons. The van der Waals surface area contributed by atoms with E-state index in [4.69, 9.17) is 33.7 Å². The maximum Gasteiger partial charge on any atom is 0.130 e. The van der Waals surface area contributed by atoms with Gasteiger partial charge < -0.3 is 0 Å². The number of nitrogens with zero attached hydrogens (tertiary/aromatic N) is 4. The van der Waals surface area contributed by atoms with Gasteiger partial charge in [-0.25, -0.2) is 9.97 Å². The summed E-state index contributed by atoms with van der Waals surface area (Å²) in [6.45, 7) is 0. The molecule has 0 unspecified atom stereocenters. The molecule has 6 heteroatoms. The van der Waals surface area contributed by atoms with Gasteiger partial charge in [0.1, 0.15) is 10.3 Å². The van der Waals surface area contributed by atoms with Crippen LogP contribution in [0.25, 0.3) is 0 Å². The van der Waals surface area contributed by atoms with Crippen LogP contribution in [0.5, 0.6) is 0 Å². The molecule has 0 saturated carbocycles. The van der Waals surface area contributed by atoms with E-state index in [2.05, 4.69) is 9.97 Å². The largest absolute Gasteiger partial charge is 0.244 e. The van der Waals surface area contributed by atoms with Gasteiger partial charge in [0.15, 0.2) is 0 Å². The lowest BCUT2D eigenvalue weighted by Crippen LogP contribution is -1.75. The van der Waals surface area contributed by atoms with E-state index in [0.717, 1.165) is 0 Å². The third-order valence-corrected chi connectivity index (χ3v) is 2.12. The Morgan fingerprint density at radius 3 is 1.44 bits per heavy atom. The van der Waals surface area contributed by atoms with Crippen molar-refractivity contribution in [1.29, 1.82) is 10.5 Å². The van der Waals surface area contributed by atoms with E-state index < -0.39 is 0 Å². The summed E-state index contributed by atoms with van der Waals surface area (Å²) in [4.78, 5) is 7.40. The van der Waals surface area contributed by atoms with Crippen LogP contribution in [0.4, 0.5) is 0 Å². The summed E-state index contributed by atoms with van der Waals surface area (Å²) in [7, 11) is 0. The van der Waals surface area contributed by atoms with Gasteiger partial charge in [0.05, 0.1) is 23.3 Å². The molecule has 2 aromatic heterocycles. The van der Waals surface area contributed by atoms with Crippen LogP contribution in [-0.2, 0) is 0 Å². The van der Waals surface area contributed by atoms with E-state index in [-0.39, 0.29) is 0 Å². The van der Waals surface area contributed by atoms with Gasteiger partial charge >= 0.3 is 0 Å². The van der Waals surface area contributed by atoms with Crippen LogP contribution < -0.4 is 0 Å². The highest BCUT2D eigenvalue weighted by Gasteiger charge is 1.90. The van der Waals surface area contributed by atoms with Crippen LogP contribution in [0.3, 0.4) is 0 Å². The first-order valence-corrected chi connectivity index (χ1v) is 5.44. The van der Waals surface area contributed by atoms with Crippen LogP contribution in [0.1, 0.15) is 11.1 Å². The summed E-state index contributed by atoms with van der Waals surface area (Å²) < 4.78 is 0. The molecule has 0 N–H and O–H groups in total. The number of halogens is 2. The Morgan fingerprint density at radius 2 is 1.22 bits per heavy atom. The second-order valence-electron chi connectivity index (χ2n) is 2.96. The van der Waals surface area contributed by atoms with Crippen molar-refractivity contribution in [2.24, 2.45) is 0 Å². The zero-order valence-electron chi connectivity index (χ0n) is 9.01. The molecule has 0 saturated heterocycles. The van der Waals surface area contributed by atoms with E-state index in [1.165, 1.54) is 24.5 Å². The van der Waals surface area contributed by atoms with E-state index in [0.29, 0.717) is 21.4 Å². The Labute approximate surface area is 114 Å². The molecule has 0 aromatic carbocycles. The quantitative estimate of drug-likeness (QED) is 0.693. The lowest BCUT2D eigenvalue weighted by molar-refractivity contribution is 1.31. The first-order chi connectivity index (χ1) is 8.65. The molecule has 0 aliphatic carbocycles. The zero-order chi connectivity index (χ0) is 13.4. The minimum absolute atomic E-state index is 0.356. The van der Waals surface area contributed by atoms with Crippen LogP contribution in [0, 0.1) is 22.7 Å². The van der Waals surface area contributed by atoms with Gasteiger partial charge in [-0.2, -0.15) is 10.5 Å². The maximum atomic E-state index is 8.33. The predicted molar refractivity (Wildman–Crippen MR) is 67.9 cm³/mol. The highest BCUT2D eigenvalue weighted by Crippen LogP contribution is 2.05. The van der Waals surface area contributed by atoms with E-state index >= 15 is 0 Å². The molecule has 0 aliphatic rings. The molecule has 0 amide bonds. The summed E-state index contributed by atoms with van der Waals surface area (Å²) in [5.74, 6) is 0. The first-order valence-electron chi connectivity index (χ1n) is 4.69. The Hall–Kier alpha value is -2.14. The summed E-state index contributed by atoms with van der Waals surface area (Å²) in [6.07, 6.45) is 3.00. The van der Waals surface area contributed by atoms with Gasteiger partial charge in [-0.1, -0.05) is 23.2 Å². The van der Waals surface area contributed by atoms with Crippen molar-refractivity contribution < 1.29 is 0 Å². The smallest absolute Gasteiger partial charge is 0.130 e. The molecule has 2 rings (SSSR count). The Balaban J connectivity index is 0.000000180. The van der Waals surface area contributed by atoms with Gasteiger partial charge in [-0.15, -0.1) is 0 Å². The number of rotatable bonds is 0. The SMILES string of the molecule is N#Cc1ccnc(Cl)c1.N#Cc1ccnc(Cl)c1. The standard InChI is InChI=1S/2C6H3ClN2/c2*7-6-3-5(4-8)1-2-9-6/h2*1-3H. The predicted octanol–water partition coefficient (Wildman–Crippen LogP) is 3.21. The lowest BCUT2D eigenvalue weighted by atomic mass is 10.3. The van der Waals surface area contributed by atoms with Gasteiger partial charge in [-0.3, -0.25) is 0 Å². The molecule has 4 nitrogen and oxygen atoms in total. The summed E-state index contributed by atoms with van der Waals surface area (Å²) in [5, 5.41) is 17.4. The molecular weight excluding hydrogens is 271 g/mol. The fraction of sp³-hybridized carbons (Fsp3) is 0. The third-order valence-electron chi connectivity index (χ3n) is 1.71. The van der Waals surface area contributed by atoms with E-state index in [1.54, 1.807) is 12.1 Å². The summed E-state index contributed by atoms with van der Waals surface area (Å²) in [5.41, 5.74) is 1.07. The van der Waals surface area contributed by atoms with Crippen LogP contribution in [0.15, 0.2) is 36.7 Å². The maximum absolute atomic E-state index is 8.33. The molecule has 0 atom stereocenters. The second kappa shape index (κ2) is 7.24. The molecule has 0 aliphatic heterocycles. The van der Waals surface area contributed by atoms with Crippen molar-refractivity contribution in [1.82, 2.24) is 9.97 Å². The molecular formula is C12H6Cl2N4. The lowest BCUT2D eigenvalue weighted by Gasteiger charge is -1.85. The van der Waals surface area contributed by atoms with Crippen molar-refractivity contribution in [2.45, 2.75) is 0 Å². The van der Waals surface area contributed by atoms with E-state index in [9.17, 15) is 0 Å². The summed E-state index contributed by atoms with van der Waals surface area (Å²) >= 11 is 10.9. The summed E-state index contributed by atoms with van der Waals surface area (Å²) in [6, 6.07) is 10.1. The van der Waals surface area contributed by atoms with Crippen molar-refractivity contribution in [2.75, 3.05) is 0 Å². The molecule has 0 bridgehead atoms. The number of nitriles is 2. The zero-order valence-corrected chi connectivity index (χ0v) is 10.5. The number of aromatic nitrogens is 2. The van der Waals surface area contributed by atoms with Gasteiger partial charge in [0, 0.05) is 12.4 Å². The molecule has 18 heavy (non-hydrogen) atoms. The highest BCUT2D eigenvalue weighted by atomic mass is 35.5. The van der Waals surface area contributed by atoms with Crippen molar-refractivity contribution in [3.8, 4) is 12.1 Å². The van der Waals surface area contributed by atoms with Gasteiger partial charge in [-0.05, 0) is 24.3 Å². The second-order valence-corrected chi connectivity index (χ2v) is 3.73. The highest BCUT2D eigenvalue weighted by molar-refractivity contribution is 6.29. The normalized spacial score (nSPS) is 8.44. The van der Waals surface area contributed by atoms with Crippen molar-refractivity contribution in [3.63, 3.8) is 0 Å². The number of pyridine rings is 2. The van der Waals surface area contributed by atoms with Gasteiger partial charge in [0.25, 0.3) is 0 Å². The van der Waals surface area contributed by atoms with Crippen LogP contribution in [0.2, 0.25) is 10.3 Å². The molecule has 2 heterocycles. The fourth-order valence-corrected chi connectivity index (χ4v) is 1.29. The number of hydrogen-bond donors (Lipinski definition) is 0. The van der Waals surface area contributed by atoms with Crippen LogP contribution >= 0.6 is 23.2 Å². The minimum atomic E-state index is 0.356. The topological polar surface area (TPSA) is 73.4 Å². The Kier molecular flexibility index (Phi) is 5.60. The Morgan fingerprint density at radius 1 is 0.833 bits per heavy atom. The van der Waals surface area contributed by atoms with Crippen molar-refractivity contribution >= 4 is 23.2 Å². The van der Waals surface area contributed by atoms with Crippen molar-refractivity contribution in [3.05, 3.63) is 58.1 Å². The third kappa shape index (κ3) is 4.80. The Bertz CT molecular complexity index is 558. The molecule has 0 spiro atoms. The fourth-order valence-electron chi connectivity index (χ4n) is 0.944. The van der Waals surface area contributed by atoms with Gasteiger partial charge in [0.2, 0.25) is 0 Å². The van der Waals surface area contributed by atoms with E-state index in [1.807, 2.05) is 12.1 Å². The minimum Gasteiger partial charge on any atom is -0.244 e. The average molecular weight is 277 g/mol. The first kappa shape index (κ1) is 13.9. The number of hydrogen-bond acceptors (Lipinski definition) is 4. The monoisotopic (exact) mass is 276 g/mol. The average Bonchev–Trinajstić information content (AvgIpc) is 2.39. The molecule has 2 aromatic rings. The molecule has 0 radical (unpaired) electrons. The van der Waals surface area contributed by atoms with Crippen LogP contribution in [-0.4, -0.2) is 9.97 Å².